The summed E-state index contributed by atoms with van der Waals surface area (Å²) >= 11 is 0. The van der Waals surface area contributed by atoms with Crippen molar-refractivity contribution >= 4 is 5.91 Å². The molecule has 0 radical (unpaired) electrons. The van der Waals surface area contributed by atoms with Crippen LogP contribution in [0.5, 0.6) is 0 Å². The van der Waals surface area contributed by atoms with E-state index in [0.29, 0.717) is 6.04 Å². The molecule has 3 rings (SSSR count). The van der Waals surface area contributed by atoms with E-state index in [9.17, 15) is 4.79 Å². The SMILES string of the molecule is CC(N)C(=O)N1CCC(N(Cc2ccccc2)C2CC2)CC1. The fraction of sp³-hybridized carbons (Fsp3) is 0.611. The summed E-state index contributed by atoms with van der Waals surface area (Å²) in [4.78, 5) is 16.6. The summed E-state index contributed by atoms with van der Waals surface area (Å²) in [6.45, 7) is 4.52. The first-order chi connectivity index (χ1) is 10.6. The lowest BCUT2D eigenvalue weighted by atomic mass is 10.0. The minimum Gasteiger partial charge on any atom is -0.341 e. The number of nitrogens with two attached hydrogens (primary N) is 1. The summed E-state index contributed by atoms with van der Waals surface area (Å²) in [5.74, 6) is 0.0967. The second-order valence-electron chi connectivity index (χ2n) is 6.73. The zero-order chi connectivity index (χ0) is 15.5. The van der Waals surface area contributed by atoms with Gasteiger partial charge in [0.05, 0.1) is 6.04 Å². The van der Waals surface area contributed by atoms with Crippen LogP contribution in [0.1, 0.15) is 38.2 Å². The molecule has 1 saturated carbocycles. The summed E-state index contributed by atoms with van der Waals surface area (Å²) in [5, 5.41) is 0. The maximum absolute atomic E-state index is 12.0. The first kappa shape index (κ1) is 15.5. The molecule has 0 spiro atoms. The first-order valence-electron chi connectivity index (χ1n) is 8.49. The third-order valence-electron chi connectivity index (χ3n) is 4.86. The van der Waals surface area contributed by atoms with Crippen LogP contribution in [0.25, 0.3) is 0 Å². The molecule has 1 unspecified atom stereocenters. The Hall–Kier alpha value is -1.39. The van der Waals surface area contributed by atoms with Gasteiger partial charge in [0, 0.05) is 31.7 Å². The number of carbonyl (C=O) groups is 1. The molecule has 1 heterocycles. The Bertz CT molecular complexity index is 490. The topological polar surface area (TPSA) is 49.6 Å². The zero-order valence-electron chi connectivity index (χ0n) is 13.4. The van der Waals surface area contributed by atoms with E-state index < -0.39 is 0 Å². The molecular formula is C18H27N3O. The van der Waals surface area contributed by atoms with E-state index in [4.69, 9.17) is 5.73 Å². The van der Waals surface area contributed by atoms with E-state index in [1.54, 1.807) is 6.92 Å². The molecule has 120 valence electrons. The third-order valence-corrected chi connectivity index (χ3v) is 4.86. The lowest BCUT2D eigenvalue weighted by Gasteiger charge is -2.39. The molecule has 1 atom stereocenters. The van der Waals surface area contributed by atoms with Crippen LogP contribution in [-0.2, 0) is 11.3 Å². The number of amides is 1. The van der Waals surface area contributed by atoms with Gasteiger partial charge in [0.1, 0.15) is 0 Å². The van der Waals surface area contributed by atoms with Crippen LogP contribution in [0.3, 0.4) is 0 Å². The van der Waals surface area contributed by atoms with Crippen molar-refractivity contribution in [1.82, 2.24) is 9.80 Å². The van der Waals surface area contributed by atoms with Crippen molar-refractivity contribution in [2.75, 3.05) is 13.1 Å². The van der Waals surface area contributed by atoms with E-state index >= 15 is 0 Å². The van der Waals surface area contributed by atoms with Crippen molar-refractivity contribution in [3.63, 3.8) is 0 Å². The van der Waals surface area contributed by atoms with Gasteiger partial charge in [0.15, 0.2) is 0 Å². The summed E-state index contributed by atoms with van der Waals surface area (Å²) in [6, 6.07) is 11.7. The minimum absolute atomic E-state index is 0.0967. The predicted molar refractivity (Wildman–Crippen MR) is 88.3 cm³/mol. The zero-order valence-corrected chi connectivity index (χ0v) is 13.4. The van der Waals surface area contributed by atoms with Crippen molar-refractivity contribution in [3.05, 3.63) is 35.9 Å². The van der Waals surface area contributed by atoms with Gasteiger partial charge in [-0.3, -0.25) is 9.69 Å². The molecule has 4 heteroatoms. The van der Waals surface area contributed by atoms with Gasteiger partial charge in [-0.1, -0.05) is 30.3 Å². The van der Waals surface area contributed by atoms with Crippen molar-refractivity contribution in [2.24, 2.45) is 5.73 Å². The Kier molecular flexibility index (Phi) is 4.79. The minimum atomic E-state index is -0.375. The highest BCUT2D eigenvalue weighted by Crippen LogP contribution is 2.33. The fourth-order valence-corrected chi connectivity index (χ4v) is 3.46. The Morgan fingerprint density at radius 1 is 1.18 bits per heavy atom. The normalized spacial score (nSPS) is 21.1. The second-order valence-corrected chi connectivity index (χ2v) is 6.73. The van der Waals surface area contributed by atoms with Crippen LogP contribution < -0.4 is 5.73 Å². The van der Waals surface area contributed by atoms with E-state index in [1.165, 1.54) is 18.4 Å². The van der Waals surface area contributed by atoms with E-state index in [2.05, 4.69) is 35.2 Å². The molecule has 0 bridgehead atoms. The van der Waals surface area contributed by atoms with Crippen molar-refractivity contribution in [1.29, 1.82) is 0 Å². The van der Waals surface area contributed by atoms with Gasteiger partial charge in [-0.2, -0.15) is 0 Å². The van der Waals surface area contributed by atoms with Gasteiger partial charge in [0.2, 0.25) is 5.91 Å². The molecule has 4 nitrogen and oxygen atoms in total. The Balaban J connectivity index is 1.59. The third kappa shape index (κ3) is 3.68. The van der Waals surface area contributed by atoms with Gasteiger partial charge in [-0.15, -0.1) is 0 Å². The summed E-state index contributed by atoms with van der Waals surface area (Å²) in [5.41, 5.74) is 7.11. The molecule has 1 aromatic carbocycles. The molecule has 2 fully saturated rings. The summed E-state index contributed by atoms with van der Waals surface area (Å²) < 4.78 is 0. The van der Waals surface area contributed by atoms with Gasteiger partial charge >= 0.3 is 0 Å². The fourth-order valence-electron chi connectivity index (χ4n) is 3.46. The summed E-state index contributed by atoms with van der Waals surface area (Å²) in [6.07, 6.45) is 4.79. The molecule has 22 heavy (non-hydrogen) atoms. The quantitative estimate of drug-likeness (QED) is 0.905. The van der Waals surface area contributed by atoms with Crippen LogP contribution in [0.4, 0.5) is 0 Å². The Morgan fingerprint density at radius 3 is 2.32 bits per heavy atom. The number of carbonyl (C=O) groups excluding carboxylic acids is 1. The number of rotatable bonds is 5. The molecule has 0 aromatic heterocycles. The highest BCUT2D eigenvalue weighted by molar-refractivity contribution is 5.81. The number of hydrogen-bond acceptors (Lipinski definition) is 3. The standard InChI is InChI=1S/C18H27N3O/c1-14(19)18(22)20-11-9-17(10-12-20)21(16-7-8-16)13-15-5-3-2-4-6-15/h2-6,14,16-17H,7-13,19H2,1H3. The smallest absolute Gasteiger partial charge is 0.239 e. The van der Waals surface area contributed by atoms with E-state index in [-0.39, 0.29) is 11.9 Å². The van der Waals surface area contributed by atoms with Crippen LogP contribution in [0, 0.1) is 0 Å². The highest BCUT2D eigenvalue weighted by Gasteiger charge is 2.36. The van der Waals surface area contributed by atoms with Gasteiger partial charge in [-0.05, 0) is 38.2 Å². The Morgan fingerprint density at radius 2 is 1.77 bits per heavy atom. The molecule has 1 aliphatic heterocycles. The molecule has 1 saturated heterocycles. The van der Waals surface area contributed by atoms with E-state index in [0.717, 1.165) is 38.5 Å². The largest absolute Gasteiger partial charge is 0.341 e. The first-order valence-corrected chi connectivity index (χ1v) is 8.49. The van der Waals surface area contributed by atoms with Crippen molar-refractivity contribution < 1.29 is 4.79 Å². The molecule has 1 aromatic rings. The Labute approximate surface area is 133 Å². The number of hydrogen-bond donors (Lipinski definition) is 1. The van der Waals surface area contributed by atoms with Gasteiger partial charge in [0.25, 0.3) is 0 Å². The van der Waals surface area contributed by atoms with Crippen LogP contribution in [0.2, 0.25) is 0 Å². The lowest BCUT2D eigenvalue weighted by molar-refractivity contribution is -0.133. The average molecular weight is 301 g/mol. The molecule has 2 N–H and O–H groups in total. The van der Waals surface area contributed by atoms with Crippen molar-refractivity contribution in [2.45, 2.75) is 57.3 Å². The number of piperidine rings is 1. The monoisotopic (exact) mass is 301 g/mol. The lowest BCUT2D eigenvalue weighted by Crippen LogP contribution is -2.50. The van der Waals surface area contributed by atoms with E-state index in [1.807, 2.05) is 4.90 Å². The molecular weight excluding hydrogens is 274 g/mol. The number of nitrogens with zero attached hydrogens (tertiary/aromatic N) is 2. The molecule has 1 aliphatic carbocycles. The second kappa shape index (κ2) is 6.80. The van der Waals surface area contributed by atoms with Crippen LogP contribution in [-0.4, -0.2) is 46.9 Å². The van der Waals surface area contributed by atoms with Gasteiger partial charge < -0.3 is 10.6 Å². The molecule has 1 amide bonds. The number of benzene rings is 1. The number of likely N-dealkylation sites (tertiary alicyclic amines) is 1. The predicted octanol–water partition coefficient (Wildman–Crippen LogP) is 1.99. The van der Waals surface area contributed by atoms with Crippen LogP contribution in [0.15, 0.2) is 30.3 Å². The highest BCUT2D eigenvalue weighted by atomic mass is 16.2. The van der Waals surface area contributed by atoms with Crippen molar-refractivity contribution in [3.8, 4) is 0 Å². The molecule has 2 aliphatic rings. The maximum atomic E-state index is 12.0. The maximum Gasteiger partial charge on any atom is 0.239 e. The van der Waals surface area contributed by atoms with Gasteiger partial charge in [-0.25, -0.2) is 0 Å². The van der Waals surface area contributed by atoms with Crippen LogP contribution >= 0.6 is 0 Å². The average Bonchev–Trinajstić information content (AvgIpc) is 3.38. The summed E-state index contributed by atoms with van der Waals surface area (Å²) in [7, 11) is 0.